The number of hydrogen-bond donors (Lipinski definition) is 0. The summed E-state index contributed by atoms with van der Waals surface area (Å²) < 4.78 is 10.8. The minimum atomic E-state index is 0.578. The van der Waals surface area contributed by atoms with Crippen LogP contribution < -0.4 is 0 Å². The predicted molar refractivity (Wildman–Crippen MR) is 101 cm³/mol. The van der Waals surface area contributed by atoms with Crippen LogP contribution >= 0.6 is 23.2 Å². The maximum absolute atomic E-state index is 5.97. The Morgan fingerprint density at radius 2 is 1.00 bits per heavy atom. The van der Waals surface area contributed by atoms with Crippen LogP contribution in [0.4, 0.5) is 0 Å². The average Bonchev–Trinajstić information content (AvgIpc) is 2.58. The lowest BCUT2D eigenvalue weighted by molar-refractivity contribution is 0.208. The molecule has 2 rings (SSSR count). The van der Waals surface area contributed by atoms with Crippen molar-refractivity contribution in [3.05, 3.63) is 80.8 Å². The zero-order chi connectivity index (χ0) is 17.4. The quantitative estimate of drug-likeness (QED) is 0.586. The highest BCUT2D eigenvalue weighted by molar-refractivity contribution is 6.30. The molecular formula is C20H22Cl2O2. The number of rotatable bonds is 8. The van der Waals surface area contributed by atoms with Crippen LogP contribution in [0.25, 0.3) is 0 Å². The van der Waals surface area contributed by atoms with Crippen LogP contribution in [0.1, 0.15) is 11.1 Å². The van der Waals surface area contributed by atoms with E-state index in [-0.39, 0.29) is 0 Å². The third-order valence-corrected chi connectivity index (χ3v) is 4.30. The molecule has 0 aromatic heterocycles. The predicted octanol–water partition coefficient (Wildman–Crippen LogP) is 5.37. The minimum Gasteiger partial charge on any atom is -0.380 e. The van der Waals surface area contributed by atoms with Gasteiger partial charge in [-0.05, 0) is 59.4 Å². The molecule has 0 aliphatic heterocycles. The second-order valence-electron chi connectivity index (χ2n) is 5.68. The molecule has 0 spiro atoms. The Morgan fingerprint density at radius 1 is 0.667 bits per heavy atom. The molecule has 2 nitrogen and oxygen atoms in total. The first-order valence-corrected chi connectivity index (χ1v) is 8.54. The van der Waals surface area contributed by atoms with E-state index in [0.717, 1.165) is 22.9 Å². The average molecular weight is 365 g/mol. The first kappa shape index (κ1) is 19.0. The molecule has 0 saturated heterocycles. The molecule has 24 heavy (non-hydrogen) atoms. The van der Waals surface area contributed by atoms with Crippen molar-refractivity contribution < 1.29 is 9.47 Å². The lowest BCUT2D eigenvalue weighted by Gasteiger charge is -2.16. The molecule has 0 amide bonds. The summed E-state index contributed by atoms with van der Waals surface area (Å²) >= 11 is 11.9. The number of ether oxygens (including phenoxy) is 2. The van der Waals surface area contributed by atoms with E-state index >= 15 is 0 Å². The van der Waals surface area contributed by atoms with Crippen LogP contribution in [0, 0.1) is 0 Å². The second kappa shape index (κ2) is 9.85. The fourth-order valence-corrected chi connectivity index (χ4v) is 2.85. The van der Waals surface area contributed by atoms with Crippen molar-refractivity contribution in [2.24, 2.45) is 0 Å². The summed E-state index contributed by atoms with van der Waals surface area (Å²) in [6, 6.07) is 15.8. The van der Waals surface area contributed by atoms with Gasteiger partial charge in [0, 0.05) is 24.3 Å². The zero-order valence-electron chi connectivity index (χ0n) is 14.0. The molecule has 2 aromatic rings. The van der Waals surface area contributed by atoms with Crippen LogP contribution in [0.3, 0.4) is 0 Å². The standard InChI is InChI=1S/C20H22Cl2O2/c1-23-13-17(11-15-3-7-19(21)8-4-15)18(14-24-2)12-16-5-9-20(22)10-6-16/h3-10H,11-14H2,1-2H3/b18-17-. The Labute approximate surface area is 154 Å². The van der Waals surface area contributed by atoms with Crippen LogP contribution in [0.2, 0.25) is 10.0 Å². The SMILES string of the molecule is COC/C(Cc1ccc(Cl)cc1)=C(\COC)Cc1ccc(Cl)cc1. The lowest BCUT2D eigenvalue weighted by atomic mass is 9.96. The molecule has 2 aromatic carbocycles. The van der Waals surface area contributed by atoms with Crippen LogP contribution in [0.5, 0.6) is 0 Å². The summed E-state index contributed by atoms with van der Waals surface area (Å²) in [6.07, 6.45) is 1.63. The lowest BCUT2D eigenvalue weighted by Crippen LogP contribution is -2.09. The van der Waals surface area contributed by atoms with Gasteiger partial charge in [-0.3, -0.25) is 0 Å². The summed E-state index contributed by atoms with van der Waals surface area (Å²) in [5.41, 5.74) is 4.88. The molecule has 0 aliphatic carbocycles. The van der Waals surface area contributed by atoms with Gasteiger partial charge in [-0.2, -0.15) is 0 Å². The van der Waals surface area contributed by atoms with E-state index in [9.17, 15) is 0 Å². The molecule has 4 heteroatoms. The van der Waals surface area contributed by atoms with Gasteiger partial charge in [-0.15, -0.1) is 0 Å². The summed E-state index contributed by atoms with van der Waals surface area (Å²) in [5.74, 6) is 0. The van der Waals surface area contributed by atoms with E-state index in [1.807, 2.05) is 48.5 Å². The van der Waals surface area contributed by atoms with Crippen LogP contribution in [-0.2, 0) is 22.3 Å². The van der Waals surface area contributed by atoms with Crippen molar-refractivity contribution in [1.29, 1.82) is 0 Å². The highest BCUT2D eigenvalue weighted by Crippen LogP contribution is 2.20. The van der Waals surface area contributed by atoms with E-state index in [1.165, 1.54) is 22.3 Å². The number of halogens is 2. The molecule has 0 aliphatic rings. The van der Waals surface area contributed by atoms with Gasteiger partial charge in [0.15, 0.2) is 0 Å². The summed E-state index contributed by atoms with van der Waals surface area (Å²) in [7, 11) is 3.43. The molecule has 0 radical (unpaired) electrons. The number of hydrogen-bond acceptors (Lipinski definition) is 2. The molecule has 0 unspecified atom stereocenters. The van der Waals surface area contributed by atoms with Crippen molar-refractivity contribution in [3.8, 4) is 0 Å². The Morgan fingerprint density at radius 3 is 1.29 bits per heavy atom. The Balaban J connectivity index is 2.26. The zero-order valence-corrected chi connectivity index (χ0v) is 15.5. The molecule has 128 valence electrons. The Hall–Kier alpha value is -1.32. The van der Waals surface area contributed by atoms with Gasteiger partial charge in [-0.25, -0.2) is 0 Å². The van der Waals surface area contributed by atoms with Gasteiger partial charge in [0.05, 0.1) is 13.2 Å². The molecular weight excluding hydrogens is 343 g/mol. The molecule has 0 bridgehead atoms. The van der Waals surface area contributed by atoms with Crippen molar-refractivity contribution >= 4 is 23.2 Å². The topological polar surface area (TPSA) is 18.5 Å². The smallest absolute Gasteiger partial charge is 0.0679 e. The van der Waals surface area contributed by atoms with Gasteiger partial charge >= 0.3 is 0 Å². The highest BCUT2D eigenvalue weighted by atomic mass is 35.5. The fraction of sp³-hybridized carbons (Fsp3) is 0.300. The molecule has 0 atom stereocenters. The fourth-order valence-electron chi connectivity index (χ4n) is 2.60. The van der Waals surface area contributed by atoms with E-state index in [1.54, 1.807) is 14.2 Å². The molecule has 0 fully saturated rings. The van der Waals surface area contributed by atoms with E-state index in [2.05, 4.69) is 0 Å². The van der Waals surface area contributed by atoms with E-state index in [0.29, 0.717) is 13.2 Å². The number of methoxy groups -OCH3 is 2. The third-order valence-electron chi connectivity index (χ3n) is 3.80. The molecule has 0 N–H and O–H groups in total. The minimum absolute atomic E-state index is 0.578. The van der Waals surface area contributed by atoms with Gasteiger partial charge in [0.2, 0.25) is 0 Å². The molecule has 0 saturated carbocycles. The first-order valence-electron chi connectivity index (χ1n) is 7.79. The summed E-state index contributed by atoms with van der Waals surface area (Å²) in [5, 5.41) is 1.49. The highest BCUT2D eigenvalue weighted by Gasteiger charge is 2.10. The van der Waals surface area contributed by atoms with Crippen LogP contribution in [-0.4, -0.2) is 27.4 Å². The van der Waals surface area contributed by atoms with Gasteiger partial charge in [0.25, 0.3) is 0 Å². The normalized spacial score (nSPS) is 12.2. The van der Waals surface area contributed by atoms with E-state index in [4.69, 9.17) is 32.7 Å². The maximum Gasteiger partial charge on any atom is 0.0679 e. The monoisotopic (exact) mass is 364 g/mol. The van der Waals surface area contributed by atoms with Crippen molar-refractivity contribution in [1.82, 2.24) is 0 Å². The van der Waals surface area contributed by atoms with Crippen molar-refractivity contribution in [3.63, 3.8) is 0 Å². The molecule has 0 heterocycles. The van der Waals surface area contributed by atoms with Gasteiger partial charge in [0.1, 0.15) is 0 Å². The first-order chi connectivity index (χ1) is 11.6. The maximum atomic E-state index is 5.97. The second-order valence-corrected chi connectivity index (χ2v) is 6.55. The van der Waals surface area contributed by atoms with Crippen molar-refractivity contribution in [2.75, 3.05) is 27.4 Å². The third kappa shape index (κ3) is 5.95. The van der Waals surface area contributed by atoms with Gasteiger partial charge in [-0.1, -0.05) is 47.5 Å². The van der Waals surface area contributed by atoms with E-state index < -0.39 is 0 Å². The Kier molecular flexibility index (Phi) is 7.80. The van der Waals surface area contributed by atoms with Gasteiger partial charge < -0.3 is 9.47 Å². The number of benzene rings is 2. The van der Waals surface area contributed by atoms with Crippen LogP contribution in [0.15, 0.2) is 59.7 Å². The summed E-state index contributed by atoms with van der Waals surface area (Å²) in [6.45, 7) is 1.16. The largest absolute Gasteiger partial charge is 0.380 e. The summed E-state index contributed by atoms with van der Waals surface area (Å²) in [4.78, 5) is 0. The van der Waals surface area contributed by atoms with Crippen molar-refractivity contribution in [2.45, 2.75) is 12.8 Å². The Bertz CT molecular complexity index is 602.